The molecule has 0 amide bonds. The van der Waals surface area contributed by atoms with Crippen LogP contribution in [0.4, 0.5) is 0 Å². The number of hydrogen-bond donors (Lipinski definition) is 0. The zero-order valence-electron chi connectivity index (χ0n) is 8.15. The molecule has 2 aromatic rings. The molecule has 0 fully saturated rings. The first-order valence-corrected chi connectivity index (χ1v) is 4.49. The lowest BCUT2D eigenvalue weighted by atomic mass is 10.1. The van der Waals surface area contributed by atoms with E-state index in [2.05, 4.69) is 23.9 Å². The molecule has 0 bridgehead atoms. The van der Waals surface area contributed by atoms with Crippen LogP contribution in [0.25, 0.3) is 5.65 Å². The Morgan fingerprint density at radius 2 is 2.15 bits per heavy atom. The molecule has 13 heavy (non-hydrogen) atoms. The summed E-state index contributed by atoms with van der Waals surface area (Å²) in [5.74, 6) is 0.493. The number of aromatic nitrogens is 3. The molecule has 0 saturated heterocycles. The SMILES string of the molecule is Cc1cn2nccc(C(C)C)c2n1. The Hall–Kier alpha value is -1.38. The molecule has 0 spiro atoms. The fraction of sp³-hybridized carbons (Fsp3) is 0.400. The average Bonchev–Trinajstić information content (AvgIpc) is 2.43. The Labute approximate surface area is 77.4 Å². The molecule has 2 aromatic heterocycles. The van der Waals surface area contributed by atoms with Crippen LogP contribution in [0.5, 0.6) is 0 Å². The van der Waals surface area contributed by atoms with E-state index in [0.29, 0.717) is 5.92 Å². The van der Waals surface area contributed by atoms with E-state index in [4.69, 9.17) is 0 Å². The summed E-state index contributed by atoms with van der Waals surface area (Å²) in [7, 11) is 0. The molecule has 3 nitrogen and oxygen atoms in total. The first-order chi connectivity index (χ1) is 6.18. The number of fused-ring (bicyclic) bond motifs is 1. The van der Waals surface area contributed by atoms with Gasteiger partial charge >= 0.3 is 0 Å². The van der Waals surface area contributed by atoms with Gasteiger partial charge in [-0.05, 0) is 18.9 Å². The first kappa shape index (κ1) is 8.23. The van der Waals surface area contributed by atoms with Crippen LogP contribution in [0.1, 0.15) is 31.0 Å². The molecule has 0 N–H and O–H groups in total. The zero-order valence-corrected chi connectivity index (χ0v) is 8.15. The summed E-state index contributed by atoms with van der Waals surface area (Å²) in [6.45, 7) is 6.32. The van der Waals surface area contributed by atoms with Crippen LogP contribution in [0.2, 0.25) is 0 Å². The summed E-state index contributed by atoms with van der Waals surface area (Å²) in [6, 6.07) is 2.03. The molecular weight excluding hydrogens is 162 g/mol. The van der Waals surface area contributed by atoms with E-state index >= 15 is 0 Å². The van der Waals surface area contributed by atoms with E-state index in [1.54, 1.807) is 0 Å². The highest BCUT2D eigenvalue weighted by atomic mass is 15.2. The zero-order chi connectivity index (χ0) is 9.42. The minimum absolute atomic E-state index is 0.493. The number of nitrogens with zero attached hydrogens (tertiary/aromatic N) is 3. The Kier molecular flexibility index (Phi) is 1.79. The van der Waals surface area contributed by atoms with Gasteiger partial charge in [-0.2, -0.15) is 5.10 Å². The fourth-order valence-corrected chi connectivity index (χ4v) is 1.48. The highest BCUT2D eigenvalue weighted by Crippen LogP contribution is 2.18. The predicted octanol–water partition coefficient (Wildman–Crippen LogP) is 2.16. The van der Waals surface area contributed by atoms with Crippen molar-refractivity contribution in [3.05, 3.63) is 29.7 Å². The van der Waals surface area contributed by atoms with Crippen LogP contribution in [0.15, 0.2) is 18.5 Å². The molecule has 3 heteroatoms. The highest BCUT2D eigenvalue weighted by Gasteiger charge is 2.07. The smallest absolute Gasteiger partial charge is 0.157 e. The van der Waals surface area contributed by atoms with Gasteiger partial charge in [-0.15, -0.1) is 0 Å². The largest absolute Gasteiger partial charge is 0.232 e. The maximum atomic E-state index is 4.43. The molecule has 0 aliphatic rings. The normalized spacial score (nSPS) is 11.4. The summed E-state index contributed by atoms with van der Waals surface area (Å²) in [4.78, 5) is 4.43. The second-order valence-corrected chi connectivity index (χ2v) is 3.59. The van der Waals surface area contributed by atoms with E-state index in [9.17, 15) is 0 Å². The number of rotatable bonds is 1. The minimum Gasteiger partial charge on any atom is -0.232 e. The van der Waals surface area contributed by atoms with E-state index in [1.165, 1.54) is 5.56 Å². The van der Waals surface area contributed by atoms with Crippen LogP contribution in [0.3, 0.4) is 0 Å². The molecule has 2 rings (SSSR count). The summed E-state index contributed by atoms with van der Waals surface area (Å²) in [5.41, 5.74) is 3.25. The second kappa shape index (κ2) is 2.83. The van der Waals surface area contributed by atoms with E-state index in [0.717, 1.165) is 11.3 Å². The number of imidazole rings is 1. The number of hydrogen-bond acceptors (Lipinski definition) is 2. The molecule has 0 aliphatic heterocycles. The highest BCUT2D eigenvalue weighted by molar-refractivity contribution is 5.48. The third kappa shape index (κ3) is 1.30. The fourth-order valence-electron chi connectivity index (χ4n) is 1.48. The van der Waals surface area contributed by atoms with Gasteiger partial charge in [-0.1, -0.05) is 13.8 Å². The van der Waals surface area contributed by atoms with Gasteiger partial charge in [0.25, 0.3) is 0 Å². The Morgan fingerprint density at radius 3 is 2.85 bits per heavy atom. The van der Waals surface area contributed by atoms with Crippen molar-refractivity contribution in [1.29, 1.82) is 0 Å². The summed E-state index contributed by atoms with van der Waals surface area (Å²) >= 11 is 0. The van der Waals surface area contributed by atoms with Gasteiger partial charge in [0.2, 0.25) is 0 Å². The lowest BCUT2D eigenvalue weighted by Gasteiger charge is -2.04. The average molecular weight is 175 g/mol. The van der Waals surface area contributed by atoms with Gasteiger partial charge < -0.3 is 0 Å². The van der Waals surface area contributed by atoms with Crippen LogP contribution >= 0.6 is 0 Å². The Bertz CT molecular complexity index is 429. The molecule has 0 radical (unpaired) electrons. The van der Waals surface area contributed by atoms with Crippen LogP contribution in [0, 0.1) is 6.92 Å². The van der Waals surface area contributed by atoms with Gasteiger partial charge in [0.15, 0.2) is 5.65 Å². The predicted molar refractivity (Wildman–Crippen MR) is 51.8 cm³/mol. The Morgan fingerprint density at radius 1 is 1.38 bits per heavy atom. The summed E-state index contributed by atoms with van der Waals surface area (Å²) in [5, 5.41) is 4.20. The van der Waals surface area contributed by atoms with Gasteiger partial charge in [0, 0.05) is 11.8 Å². The van der Waals surface area contributed by atoms with E-state index < -0.39 is 0 Å². The van der Waals surface area contributed by atoms with Crippen LogP contribution in [-0.2, 0) is 0 Å². The van der Waals surface area contributed by atoms with Gasteiger partial charge in [0.05, 0.1) is 11.9 Å². The van der Waals surface area contributed by atoms with Gasteiger partial charge in [-0.25, -0.2) is 9.50 Å². The number of aryl methyl sites for hydroxylation is 1. The third-order valence-corrected chi connectivity index (χ3v) is 2.13. The van der Waals surface area contributed by atoms with Crippen molar-refractivity contribution in [3.8, 4) is 0 Å². The van der Waals surface area contributed by atoms with Crippen molar-refractivity contribution in [2.75, 3.05) is 0 Å². The molecule has 0 unspecified atom stereocenters. The molecular formula is C10H13N3. The molecule has 2 heterocycles. The summed E-state index contributed by atoms with van der Waals surface area (Å²) < 4.78 is 1.84. The van der Waals surface area contributed by atoms with Crippen molar-refractivity contribution in [2.24, 2.45) is 0 Å². The maximum absolute atomic E-state index is 4.43. The maximum Gasteiger partial charge on any atom is 0.157 e. The quantitative estimate of drug-likeness (QED) is 0.664. The second-order valence-electron chi connectivity index (χ2n) is 3.59. The molecule has 0 saturated carbocycles. The van der Waals surface area contributed by atoms with Crippen molar-refractivity contribution in [3.63, 3.8) is 0 Å². The molecule has 0 aliphatic carbocycles. The minimum atomic E-state index is 0.493. The first-order valence-electron chi connectivity index (χ1n) is 4.49. The van der Waals surface area contributed by atoms with Gasteiger partial charge in [-0.3, -0.25) is 0 Å². The Balaban J connectivity index is 2.75. The monoisotopic (exact) mass is 175 g/mol. The molecule has 68 valence electrons. The topological polar surface area (TPSA) is 30.2 Å². The van der Waals surface area contributed by atoms with Crippen LogP contribution < -0.4 is 0 Å². The van der Waals surface area contributed by atoms with E-state index in [1.807, 2.05) is 29.9 Å². The van der Waals surface area contributed by atoms with Crippen molar-refractivity contribution >= 4 is 5.65 Å². The molecule has 0 aromatic carbocycles. The lowest BCUT2D eigenvalue weighted by Crippen LogP contribution is -1.96. The lowest BCUT2D eigenvalue weighted by molar-refractivity contribution is 0.835. The molecule has 0 atom stereocenters. The summed E-state index contributed by atoms with van der Waals surface area (Å²) in [6.07, 6.45) is 3.77. The van der Waals surface area contributed by atoms with E-state index in [-0.39, 0.29) is 0 Å². The van der Waals surface area contributed by atoms with Gasteiger partial charge in [0.1, 0.15) is 0 Å². The third-order valence-electron chi connectivity index (χ3n) is 2.13. The van der Waals surface area contributed by atoms with Crippen LogP contribution in [-0.4, -0.2) is 14.6 Å². The van der Waals surface area contributed by atoms with Crippen molar-refractivity contribution < 1.29 is 0 Å². The van der Waals surface area contributed by atoms with Crippen molar-refractivity contribution in [1.82, 2.24) is 14.6 Å². The standard InChI is InChI=1S/C10H13N3/c1-7(2)9-4-5-11-13-6-8(3)12-10(9)13/h4-7H,1-3H3. The van der Waals surface area contributed by atoms with Crippen molar-refractivity contribution in [2.45, 2.75) is 26.7 Å².